The van der Waals surface area contributed by atoms with Crippen LogP contribution in [0.15, 0.2) is 18.2 Å². The summed E-state index contributed by atoms with van der Waals surface area (Å²) in [6.07, 6.45) is -4.47. The largest absolute Gasteiger partial charge is 0.417 e. The minimum atomic E-state index is -4.47. The first-order valence-corrected chi connectivity index (χ1v) is 4.19. The van der Waals surface area contributed by atoms with Gasteiger partial charge < -0.3 is 5.43 Å². The number of hydrogen-bond donors (Lipinski definition) is 2. The first-order chi connectivity index (χ1) is 6.45. The van der Waals surface area contributed by atoms with Gasteiger partial charge in [-0.25, -0.2) is 0 Å². The third kappa shape index (κ3) is 2.67. The van der Waals surface area contributed by atoms with Crippen LogP contribution in [0.1, 0.15) is 5.56 Å². The first-order valence-electron chi connectivity index (χ1n) is 3.43. The molecule has 0 unspecified atom stereocenters. The van der Waals surface area contributed by atoms with Crippen molar-refractivity contribution < 1.29 is 13.2 Å². The first kappa shape index (κ1) is 11.4. The van der Waals surface area contributed by atoms with Crippen LogP contribution in [0, 0.1) is 0 Å². The van der Waals surface area contributed by atoms with Crippen LogP contribution in [0.2, 0.25) is 5.02 Å². The van der Waals surface area contributed by atoms with Crippen molar-refractivity contribution in [2.24, 2.45) is 0 Å². The van der Waals surface area contributed by atoms with Crippen molar-refractivity contribution in [2.45, 2.75) is 6.18 Å². The molecule has 2 nitrogen and oxygen atoms in total. The van der Waals surface area contributed by atoms with Crippen LogP contribution in [0.5, 0.6) is 0 Å². The molecule has 0 aliphatic heterocycles. The zero-order valence-electron chi connectivity index (χ0n) is 6.62. The molecule has 0 amide bonds. The fraction of sp³-hybridized carbons (Fsp3) is 0.143. The maximum Gasteiger partial charge on any atom is 0.417 e. The van der Waals surface area contributed by atoms with E-state index < -0.39 is 11.7 Å². The minimum Gasteiger partial charge on any atom is -0.308 e. The molecule has 7 heteroatoms. The Bertz CT molecular complexity index is 327. The molecule has 14 heavy (non-hydrogen) atoms. The molecule has 0 atom stereocenters. The Kier molecular flexibility index (Phi) is 3.47. The van der Waals surface area contributed by atoms with E-state index in [4.69, 9.17) is 23.4 Å². The molecule has 0 aliphatic rings. The molecule has 0 heterocycles. The number of hydrazine groups is 1. The SMILES string of the molecule is FC(F)(F)c1cc(NNCl)ccc1Cl. The summed E-state index contributed by atoms with van der Waals surface area (Å²) in [5.74, 6) is 0. The lowest BCUT2D eigenvalue weighted by atomic mass is 10.2. The number of anilines is 1. The number of nitrogens with one attached hydrogen (secondary N) is 2. The van der Waals surface area contributed by atoms with Gasteiger partial charge in [0.25, 0.3) is 0 Å². The summed E-state index contributed by atoms with van der Waals surface area (Å²) in [4.78, 5) is 1.99. The highest BCUT2D eigenvalue weighted by atomic mass is 35.5. The fourth-order valence-electron chi connectivity index (χ4n) is 0.875. The number of hydrogen-bond acceptors (Lipinski definition) is 2. The molecule has 0 saturated heterocycles. The molecule has 2 N–H and O–H groups in total. The van der Waals surface area contributed by atoms with Gasteiger partial charge in [-0.3, -0.25) is 0 Å². The van der Waals surface area contributed by atoms with Gasteiger partial charge in [0.1, 0.15) is 0 Å². The lowest BCUT2D eigenvalue weighted by Gasteiger charge is -2.10. The van der Waals surface area contributed by atoms with Gasteiger partial charge in [0.2, 0.25) is 0 Å². The molecule has 0 saturated carbocycles. The van der Waals surface area contributed by atoms with Crippen molar-refractivity contribution >= 4 is 29.1 Å². The molecular weight excluding hydrogens is 240 g/mol. The van der Waals surface area contributed by atoms with E-state index in [1.54, 1.807) is 0 Å². The van der Waals surface area contributed by atoms with E-state index in [2.05, 4.69) is 5.43 Å². The summed E-state index contributed by atoms with van der Waals surface area (Å²) >= 11 is 10.4. The molecule has 0 aliphatic carbocycles. The third-order valence-corrected chi connectivity index (χ3v) is 1.89. The number of halogens is 5. The van der Waals surface area contributed by atoms with Gasteiger partial charge in [0.15, 0.2) is 0 Å². The van der Waals surface area contributed by atoms with Crippen LogP contribution >= 0.6 is 23.4 Å². The van der Waals surface area contributed by atoms with Crippen molar-refractivity contribution in [1.82, 2.24) is 4.94 Å². The van der Waals surface area contributed by atoms with Crippen LogP contribution < -0.4 is 10.4 Å². The molecule has 1 aromatic carbocycles. The van der Waals surface area contributed by atoms with Gasteiger partial charge >= 0.3 is 6.18 Å². The van der Waals surface area contributed by atoms with E-state index in [9.17, 15) is 13.2 Å². The van der Waals surface area contributed by atoms with E-state index in [1.807, 2.05) is 4.94 Å². The van der Waals surface area contributed by atoms with Crippen LogP contribution in [-0.4, -0.2) is 0 Å². The van der Waals surface area contributed by atoms with Crippen LogP contribution in [0.4, 0.5) is 18.9 Å². The highest BCUT2D eigenvalue weighted by Crippen LogP contribution is 2.35. The maximum atomic E-state index is 12.3. The smallest absolute Gasteiger partial charge is 0.308 e. The third-order valence-electron chi connectivity index (χ3n) is 1.46. The highest BCUT2D eigenvalue weighted by Gasteiger charge is 2.33. The summed E-state index contributed by atoms with van der Waals surface area (Å²) in [7, 11) is 0. The molecular formula is C7H5Cl2F3N2. The molecule has 1 aromatic rings. The molecule has 0 aromatic heterocycles. The van der Waals surface area contributed by atoms with Gasteiger partial charge in [-0.05, 0) is 30.0 Å². The normalized spacial score (nSPS) is 11.5. The van der Waals surface area contributed by atoms with Gasteiger partial charge in [-0.15, -0.1) is 4.94 Å². The van der Waals surface area contributed by atoms with Gasteiger partial charge in [-0.1, -0.05) is 11.6 Å². The average Bonchev–Trinajstić information content (AvgIpc) is 2.07. The molecule has 0 spiro atoms. The molecule has 0 bridgehead atoms. The minimum absolute atomic E-state index is 0.178. The van der Waals surface area contributed by atoms with Crippen molar-refractivity contribution in [2.75, 3.05) is 5.43 Å². The Balaban J connectivity index is 3.09. The maximum absolute atomic E-state index is 12.3. The Labute approximate surface area is 88.1 Å². The quantitative estimate of drug-likeness (QED) is 0.616. The predicted molar refractivity (Wildman–Crippen MR) is 49.1 cm³/mol. The lowest BCUT2D eigenvalue weighted by molar-refractivity contribution is -0.137. The Morgan fingerprint density at radius 1 is 1.21 bits per heavy atom. The predicted octanol–water partition coefficient (Wildman–Crippen LogP) is 3.43. The van der Waals surface area contributed by atoms with Crippen LogP contribution in [-0.2, 0) is 6.18 Å². The van der Waals surface area contributed by atoms with Crippen LogP contribution in [0.3, 0.4) is 0 Å². The zero-order chi connectivity index (χ0) is 10.8. The van der Waals surface area contributed by atoms with Gasteiger partial charge in [0.05, 0.1) is 16.3 Å². The molecule has 78 valence electrons. The Hall–Kier alpha value is -0.650. The summed E-state index contributed by atoms with van der Waals surface area (Å²) in [6.45, 7) is 0. The summed E-state index contributed by atoms with van der Waals surface area (Å²) in [6, 6.07) is 3.37. The second-order valence-electron chi connectivity index (χ2n) is 2.41. The lowest BCUT2D eigenvalue weighted by Crippen LogP contribution is -2.11. The second kappa shape index (κ2) is 4.25. The summed E-state index contributed by atoms with van der Waals surface area (Å²) in [5, 5.41) is -0.349. The van der Waals surface area contributed by atoms with Crippen molar-refractivity contribution in [3.8, 4) is 0 Å². The highest BCUT2D eigenvalue weighted by molar-refractivity contribution is 6.31. The topological polar surface area (TPSA) is 24.1 Å². The van der Waals surface area contributed by atoms with Crippen molar-refractivity contribution in [3.05, 3.63) is 28.8 Å². The van der Waals surface area contributed by atoms with E-state index in [0.29, 0.717) is 0 Å². The molecule has 0 fully saturated rings. The Morgan fingerprint density at radius 3 is 2.36 bits per heavy atom. The fourth-order valence-corrected chi connectivity index (χ4v) is 1.21. The van der Waals surface area contributed by atoms with Crippen molar-refractivity contribution in [3.63, 3.8) is 0 Å². The van der Waals surface area contributed by atoms with E-state index in [0.717, 1.165) is 12.1 Å². The van der Waals surface area contributed by atoms with E-state index in [-0.39, 0.29) is 10.7 Å². The van der Waals surface area contributed by atoms with Gasteiger partial charge in [-0.2, -0.15) is 13.2 Å². The number of benzene rings is 1. The number of rotatable bonds is 2. The van der Waals surface area contributed by atoms with E-state index in [1.165, 1.54) is 6.07 Å². The molecule has 1 rings (SSSR count). The average molecular weight is 245 g/mol. The van der Waals surface area contributed by atoms with E-state index >= 15 is 0 Å². The van der Waals surface area contributed by atoms with Crippen molar-refractivity contribution in [1.29, 1.82) is 0 Å². The Morgan fingerprint density at radius 2 is 1.86 bits per heavy atom. The zero-order valence-corrected chi connectivity index (χ0v) is 8.13. The van der Waals surface area contributed by atoms with Crippen LogP contribution in [0.25, 0.3) is 0 Å². The standard InChI is InChI=1S/C7H5Cl2F3N2/c8-6-2-1-4(13-14-9)3-5(6)7(10,11)12/h1-3,13-14H. The monoisotopic (exact) mass is 244 g/mol. The summed E-state index contributed by atoms with van der Waals surface area (Å²) < 4.78 is 36.9. The van der Waals surface area contributed by atoms with Gasteiger partial charge in [0, 0.05) is 0 Å². The molecule has 0 radical (unpaired) electrons. The second-order valence-corrected chi connectivity index (χ2v) is 3.01. The number of alkyl halides is 3. The summed E-state index contributed by atoms with van der Waals surface area (Å²) in [5.41, 5.74) is 1.58.